The van der Waals surface area contributed by atoms with Gasteiger partial charge in [0.2, 0.25) is 5.91 Å². The van der Waals surface area contributed by atoms with E-state index in [1.807, 2.05) is 0 Å². The molecule has 1 heterocycles. The molecular weight excluding hydrogens is 202 g/mol. The fourth-order valence-corrected chi connectivity index (χ4v) is 1.76. The maximum atomic E-state index is 11.4. The van der Waals surface area contributed by atoms with Gasteiger partial charge in [0, 0.05) is 18.7 Å². The lowest BCUT2D eigenvalue weighted by molar-refractivity contribution is -0.117. The number of benzene rings is 1. The molecule has 1 amide bonds. The summed E-state index contributed by atoms with van der Waals surface area (Å²) in [7, 11) is 0. The number of hydrogen-bond acceptors (Lipinski definition) is 2. The van der Waals surface area contributed by atoms with Gasteiger partial charge in [0.05, 0.1) is 5.02 Å². The molecule has 0 atom stereocenters. The van der Waals surface area contributed by atoms with Crippen LogP contribution in [0.15, 0.2) is 18.2 Å². The molecule has 0 aliphatic carbocycles. The van der Waals surface area contributed by atoms with Gasteiger partial charge in [-0.2, -0.15) is 0 Å². The number of halogens is 1. The second-order valence-electron chi connectivity index (χ2n) is 3.28. The SMILES string of the molecule is O=C1CCCN1c1ccc(O)c(Cl)c1. The van der Waals surface area contributed by atoms with Crippen molar-refractivity contribution in [1.29, 1.82) is 0 Å². The van der Waals surface area contributed by atoms with E-state index in [1.54, 1.807) is 17.0 Å². The van der Waals surface area contributed by atoms with Crippen LogP contribution in [0.25, 0.3) is 0 Å². The van der Waals surface area contributed by atoms with Gasteiger partial charge in [0.15, 0.2) is 0 Å². The zero-order chi connectivity index (χ0) is 10.1. The highest BCUT2D eigenvalue weighted by Crippen LogP contribution is 2.30. The Bertz CT molecular complexity index is 378. The van der Waals surface area contributed by atoms with Gasteiger partial charge in [-0.25, -0.2) is 0 Å². The maximum absolute atomic E-state index is 11.4. The molecule has 0 unspecified atom stereocenters. The zero-order valence-corrected chi connectivity index (χ0v) is 8.29. The standard InChI is InChI=1S/C10H10ClNO2/c11-8-6-7(3-4-9(8)13)12-5-1-2-10(12)14/h3-4,6,13H,1-2,5H2. The summed E-state index contributed by atoms with van der Waals surface area (Å²) in [6.07, 6.45) is 1.48. The van der Waals surface area contributed by atoms with E-state index in [-0.39, 0.29) is 16.7 Å². The van der Waals surface area contributed by atoms with Crippen molar-refractivity contribution < 1.29 is 9.90 Å². The van der Waals surface area contributed by atoms with Crippen LogP contribution in [0.5, 0.6) is 5.75 Å². The van der Waals surface area contributed by atoms with Crippen molar-refractivity contribution in [3.8, 4) is 5.75 Å². The predicted octanol–water partition coefficient (Wildman–Crippen LogP) is 2.17. The molecule has 1 aliphatic rings. The number of phenols is 1. The molecule has 74 valence electrons. The summed E-state index contributed by atoms with van der Waals surface area (Å²) >= 11 is 5.75. The summed E-state index contributed by atoms with van der Waals surface area (Å²) in [5.74, 6) is 0.161. The van der Waals surface area contributed by atoms with Crippen molar-refractivity contribution in [2.24, 2.45) is 0 Å². The number of phenolic OH excluding ortho intramolecular Hbond substituents is 1. The number of carbonyl (C=O) groups is 1. The van der Waals surface area contributed by atoms with Gasteiger partial charge in [0.1, 0.15) is 5.75 Å². The minimum absolute atomic E-state index is 0.0436. The summed E-state index contributed by atoms with van der Waals surface area (Å²) in [6, 6.07) is 4.81. The van der Waals surface area contributed by atoms with Gasteiger partial charge in [-0.3, -0.25) is 4.79 Å². The molecule has 1 saturated heterocycles. The first-order valence-electron chi connectivity index (χ1n) is 4.47. The Morgan fingerprint density at radius 1 is 1.43 bits per heavy atom. The van der Waals surface area contributed by atoms with Gasteiger partial charge in [-0.1, -0.05) is 11.6 Å². The third-order valence-corrected chi connectivity index (χ3v) is 2.62. The van der Waals surface area contributed by atoms with E-state index in [1.165, 1.54) is 6.07 Å². The fraction of sp³-hybridized carbons (Fsp3) is 0.300. The van der Waals surface area contributed by atoms with Gasteiger partial charge in [-0.15, -0.1) is 0 Å². The van der Waals surface area contributed by atoms with Crippen molar-refractivity contribution in [2.75, 3.05) is 11.4 Å². The van der Waals surface area contributed by atoms with E-state index in [9.17, 15) is 9.90 Å². The fourth-order valence-electron chi connectivity index (χ4n) is 1.58. The summed E-state index contributed by atoms with van der Waals surface area (Å²) in [6.45, 7) is 0.736. The molecule has 1 N–H and O–H groups in total. The van der Waals surface area contributed by atoms with Crippen molar-refractivity contribution in [1.82, 2.24) is 0 Å². The highest BCUT2D eigenvalue weighted by Gasteiger charge is 2.21. The molecule has 4 heteroatoms. The van der Waals surface area contributed by atoms with Gasteiger partial charge >= 0.3 is 0 Å². The number of hydrogen-bond donors (Lipinski definition) is 1. The lowest BCUT2D eigenvalue weighted by Gasteiger charge is -2.15. The largest absolute Gasteiger partial charge is 0.506 e. The Kier molecular flexibility index (Phi) is 2.33. The lowest BCUT2D eigenvalue weighted by Crippen LogP contribution is -2.23. The molecule has 2 rings (SSSR count). The van der Waals surface area contributed by atoms with Crippen LogP contribution in [0.3, 0.4) is 0 Å². The number of carbonyl (C=O) groups excluding carboxylic acids is 1. The molecule has 0 spiro atoms. The first kappa shape index (κ1) is 9.34. The van der Waals surface area contributed by atoms with Gasteiger partial charge < -0.3 is 10.0 Å². The normalized spacial score (nSPS) is 16.4. The van der Waals surface area contributed by atoms with Crippen LogP contribution in [-0.2, 0) is 4.79 Å². The minimum atomic E-state index is 0.0436. The predicted molar refractivity (Wildman–Crippen MR) is 54.7 cm³/mol. The highest BCUT2D eigenvalue weighted by molar-refractivity contribution is 6.32. The molecule has 3 nitrogen and oxygen atoms in total. The van der Waals surface area contributed by atoms with Crippen molar-refractivity contribution >= 4 is 23.2 Å². The van der Waals surface area contributed by atoms with E-state index in [0.29, 0.717) is 6.42 Å². The van der Waals surface area contributed by atoms with E-state index in [4.69, 9.17) is 11.6 Å². The first-order chi connectivity index (χ1) is 6.68. The maximum Gasteiger partial charge on any atom is 0.227 e. The van der Waals surface area contributed by atoms with Crippen molar-refractivity contribution in [3.05, 3.63) is 23.2 Å². The van der Waals surface area contributed by atoms with Gasteiger partial charge in [-0.05, 0) is 24.6 Å². The zero-order valence-electron chi connectivity index (χ0n) is 7.53. The highest BCUT2D eigenvalue weighted by atomic mass is 35.5. The lowest BCUT2D eigenvalue weighted by atomic mass is 10.3. The van der Waals surface area contributed by atoms with E-state index >= 15 is 0 Å². The first-order valence-corrected chi connectivity index (χ1v) is 4.85. The summed E-state index contributed by atoms with van der Waals surface area (Å²) in [4.78, 5) is 13.1. The Hall–Kier alpha value is -1.22. The third-order valence-electron chi connectivity index (χ3n) is 2.32. The van der Waals surface area contributed by atoms with Crippen LogP contribution < -0.4 is 4.90 Å². The Balaban J connectivity index is 2.32. The smallest absolute Gasteiger partial charge is 0.227 e. The molecule has 14 heavy (non-hydrogen) atoms. The van der Waals surface area contributed by atoms with Crippen LogP contribution in [0.4, 0.5) is 5.69 Å². The number of aromatic hydroxyl groups is 1. The van der Waals surface area contributed by atoms with Crippen molar-refractivity contribution in [2.45, 2.75) is 12.8 Å². The molecule has 1 aromatic rings. The number of rotatable bonds is 1. The molecule has 0 saturated carbocycles. The van der Waals surface area contributed by atoms with E-state index in [2.05, 4.69) is 0 Å². The minimum Gasteiger partial charge on any atom is -0.506 e. The molecule has 1 aromatic carbocycles. The molecule has 1 aliphatic heterocycles. The monoisotopic (exact) mass is 211 g/mol. The quantitative estimate of drug-likeness (QED) is 0.774. The molecule has 0 radical (unpaired) electrons. The second-order valence-corrected chi connectivity index (χ2v) is 3.69. The molecule has 0 bridgehead atoms. The Morgan fingerprint density at radius 3 is 2.79 bits per heavy atom. The summed E-state index contributed by atoms with van der Waals surface area (Å²) in [5, 5.41) is 9.50. The number of nitrogens with zero attached hydrogens (tertiary/aromatic N) is 1. The van der Waals surface area contributed by atoms with E-state index < -0.39 is 0 Å². The molecule has 1 fully saturated rings. The van der Waals surface area contributed by atoms with Gasteiger partial charge in [0.25, 0.3) is 0 Å². The average Bonchev–Trinajstić information content (AvgIpc) is 2.57. The number of amides is 1. The van der Waals surface area contributed by atoms with Crippen LogP contribution >= 0.6 is 11.6 Å². The third kappa shape index (κ3) is 1.55. The molecular formula is C10H10ClNO2. The van der Waals surface area contributed by atoms with E-state index in [0.717, 1.165) is 18.7 Å². The second kappa shape index (κ2) is 3.50. The molecule has 0 aromatic heterocycles. The van der Waals surface area contributed by atoms with Crippen LogP contribution in [0.2, 0.25) is 5.02 Å². The number of anilines is 1. The Morgan fingerprint density at radius 2 is 2.21 bits per heavy atom. The topological polar surface area (TPSA) is 40.5 Å². The van der Waals surface area contributed by atoms with Crippen molar-refractivity contribution in [3.63, 3.8) is 0 Å². The summed E-state index contributed by atoms with van der Waals surface area (Å²) < 4.78 is 0. The van der Waals surface area contributed by atoms with Crippen LogP contribution in [0.1, 0.15) is 12.8 Å². The van der Waals surface area contributed by atoms with Crippen LogP contribution in [-0.4, -0.2) is 17.6 Å². The average molecular weight is 212 g/mol. The summed E-state index contributed by atoms with van der Waals surface area (Å²) in [5.41, 5.74) is 0.760. The Labute approximate surface area is 86.9 Å². The van der Waals surface area contributed by atoms with Crippen LogP contribution in [0, 0.1) is 0 Å².